The molecule has 0 aromatic heterocycles. The fraction of sp³-hybridized carbons (Fsp3) is 0.500. The number of amides is 2. The van der Waals surface area contributed by atoms with Gasteiger partial charge in [0.15, 0.2) is 0 Å². The predicted molar refractivity (Wildman–Crippen MR) is 110 cm³/mol. The molecule has 2 atom stereocenters. The third-order valence-electron chi connectivity index (χ3n) is 7.22. The van der Waals surface area contributed by atoms with E-state index >= 15 is 0 Å². The molecule has 1 aliphatic heterocycles. The molecule has 1 spiro atoms. The van der Waals surface area contributed by atoms with Crippen LogP contribution in [0.2, 0.25) is 0 Å². The van der Waals surface area contributed by atoms with Crippen LogP contribution in [0.3, 0.4) is 0 Å². The van der Waals surface area contributed by atoms with Crippen LogP contribution in [0.25, 0.3) is 5.57 Å². The minimum atomic E-state index is -0.262. The Morgan fingerprint density at radius 1 is 1.18 bits per heavy atom. The lowest BCUT2D eigenvalue weighted by Crippen LogP contribution is -2.34. The zero-order chi connectivity index (χ0) is 19.5. The van der Waals surface area contributed by atoms with Gasteiger partial charge in [-0.25, -0.2) is 0 Å². The van der Waals surface area contributed by atoms with Crippen molar-refractivity contribution in [2.45, 2.75) is 64.5 Å². The molecule has 5 rings (SSSR count). The van der Waals surface area contributed by atoms with E-state index < -0.39 is 0 Å². The Labute approximate surface area is 166 Å². The molecule has 4 nitrogen and oxygen atoms in total. The second-order valence-corrected chi connectivity index (χ2v) is 9.05. The van der Waals surface area contributed by atoms with Crippen LogP contribution in [0, 0.1) is 18.3 Å². The molecule has 3 aliphatic carbocycles. The molecule has 1 heterocycles. The SMILES string of the molecule is Cc1ccc(C(=O)NC2CC2)cc1C1=CC=C2C(NC(=O)C23CCCC3)C1C. The van der Waals surface area contributed by atoms with E-state index in [1.165, 1.54) is 11.1 Å². The van der Waals surface area contributed by atoms with Crippen LogP contribution in [-0.2, 0) is 4.79 Å². The molecule has 0 bridgehead atoms. The van der Waals surface area contributed by atoms with Crippen molar-refractivity contribution in [3.05, 3.63) is 52.6 Å². The molecule has 3 fully saturated rings. The number of hydrogen-bond acceptors (Lipinski definition) is 2. The molecule has 2 unspecified atom stereocenters. The molecule has 2 N–H and O–H groups in total. The first-order chi connectivity index (χ1) is 13.5. The number of hydrogen-bond donors (Lipinski definition) is 2. The molecular formula is C24H28N2O2. The van der Waals surface area contributed by atoms with Crippen LogP contribution in [0.5, 0.6) is 0 Å². The van der Waals surface area contributed by atoms with Crippen molar-refractivity contribution < 1.29 is 9.59 Å². The van der Waals surface area contributed by atoms with E-state index in [2.05, 4.69) is 36.6 Å². The molecule has 1 aromatic carbocycles. The molecule has 4 heteroatoms. The summed E-state index contributed by atoms with van der Waals surface area (Å²) < 4.78 is 0. The molecule has 0 radical (unpaired) electrons. The van der Waals surface area contributed by atoms with Gasteiger partial charge in [0.1, 0.15) is 0 Å². The van der Waals surface area contributed by atoms with E-state index in [0.717, 1.165) is 55.2 Å². The Morgan fingerprint density at radius 2 is 1.93 bits per heavy atom. The van der Waals surface area contributed by atoms with Gasteiger partial charge < -0.3 is 10.6 Å². The predicted octanol–water partition coefficient (Wildman–Crippen LogP) is 3.91. The van der Waals surface area contributed by atoms with Crippen LogP contribution < -0.4 is 10.6 Å². The van der Waals surface area contributed by atoms with E-state index in [-0.39, 0.29) is 29.2 Å². The zero-order valence-corrected chi connectivity index (χ0v) is 16.7. The minimum absolute atomic E-state index is 0.0168. The average molecular weight is 377 g/mol. The Bertz CT molecular complexity index is 917. The standard InChI is InChI=1S/C24H28N2O2/c1-14-5-6-16(22(27)25-17-7-8-17)13-19(14)18-9-10-20-21(15(18)2)26-23(28)24(20)11-3-4-12-24/h5-6,9-10,13,15,17,21H,3-4,7-8,11-12H2,1-2H3,(H,25,27)(H,26,28). The number of carbonyl (C=O) groups is 2. The van der Waals surface area contributed by atoms with Gasteiger partial charge in [0.05, 0.1) is 11.5 Å². The number of benzene rings is 1. The first kappa shape index (κ1) is 17.7. The first-order valence-corrected chi connectivity index (χ1v) is 10.6. The van der Waals surface area contributed by atoms with Crippen LogP contribution in [0.1, 0.15) is 66.9 Å². The third kappa shape index (κ3) is 2.65. The smallest absolute Gasteiger partial charge is 0.251 e. The number of fused-ring (bicyclic) bond motifs is 2. The van der Waals surface area contributed by atoms with E-state index in [4.69, 9.17) is 0 Å². The molecule has 1 aromatic rings. The van der Waals surface area contributed by atoms with Gasteiger partial charge in [-0.15, -0.1) is 0 Å². The summed E-state index contributed by atoms with van der Waals surface area (Å²) >= 11 is 0. The van der Waals surface area contributed by atoms with E-state index in [0.29, 0.717) is 6.04 Å². The average Bonchev–Trinajstić information content (AvgIpc) is 3.27. The van der Waals surface area contributed by atoms with Crippen LogP contribution in [-0.4, -0.2) is 23.9 Å². The van der Waals surface area contributed by atoms with Crippen molar-refractivity contribution >= 4 is 17.4 Å². The maximum Gasteiger partial charge on any atom is 0.251 e. The summed E-state index contributed by atoms with van der Waals surface area (Å²) in [5.74, 6) is 0.435. The lowest BCUT2D eigenvalue weighted by atomic mass is 9.71. The van der Waals surface area contributed by atoms with Crippen molar-refractivity contribution in [2.24, 2.45) is 11.3 Å². The molecule has 1 saturated heterocycles. The molecule has 4 aliphatic rings. The van der Waals surface area contributed by atoms with Crippen molar-refractivity contribution in [3.8, 4) is 0 Å². The Hall–Kier alpha value is -2.36. The second kappa shape index (κ2) is 6.33. The van der Waals surface area contributed by atoms with E-state index in [9.17, 15) is 9.59 Å². The number of nitrogens with one attached hydrogen (secondary N) is 2. The molecule has 146 valence electrons. The van der Waals surface area contributed by atoms with Crippen LogP contribution in [0.15, 0.2) is 35.9 Å². The van der Waals surface area contributed by atoms with Gasteiger partial charge in [-0.05, 0) is 67.0 Å². The minimum Gasteiger partial charge on any atom is -0.349 e. The monoisotopic (exact) mass is 376 g/mol. The summed E-state index contributed by atoms with van der Waals surface area (Å²) in [7, 11) is 0. The van der Waals surface area contributed by atoms with Crippen molar-refractivity contribution in [1.29, 1.82) is 0 Å². The summed E-state index contributed by atoms with van der Waals surface area (Å²) in [5.41, 5.74) is 5.24. The Kier molecular flexibility index (Phi) is 4.01. The van der Waals surface area contributed by atoms with E-state index in [1.54, 1.807) is 0 Å². The number of carbonyl (C=O) groups excluding carboxylic acids is 2. The molecular weight excluding hydrogens is 348 g/mol. The highest BCUT2D eigenvalue weighted by molar-refractivity contribution is 5.96. The zero-order valence-electron chi connectivity index (χ0n) is 16.7. The second-order valence-electron chi connectivity index (χ2n) is 9.05. The van der Waals surface area contributed by atoms with Gasteiger partial charge in [0.25, 0.3) is 5.91 Å². The molecule has 28 heavy (non-hydrogen) atoms. The lowest BCUT2D eigenvalue weighted by Gasteiger charge is -2.31. The topological polar surface area (TPSA) is 58.2 Å². The van der Waals surface area contributed by atoms with Crippen molar-refractivity contribution in [2.75, 3.05) is 0 Å². The summed E-state index contributed by atoms with van der Waals surface area (Å²) in [6.07, 6.45) is 10.8. The maximum absolute atomic E-state index is 12.8. The van der Waals surface area contributed by atoms with Gasteiger partial charge in [-0.3, -0.25) is 9.59 Å². The van der Waals surface area contributed by atoms with Crippen molar-refractivity contribution in [1.82, 2.24) is 10.6 Å². The number of aryl methyl sites for hydroxylation is 1. The van der Waals surface area contributed by atoms with Gasteiger partial charge in [0, 0.05) is 17.5 Å². The fourth-order valence-electron chi connectivity index (χ4n) is 5.35. The van der Waals surface area contributed by atoms with Crippen LogP contribution >= 0.6 is 0 Å². The third-order valence-corrected chi connectivity index (χ3v) is 7.22. The summed E-state index contributed by atoms with van der Waals surface area (Å²) in [5, 5.41) is 6.38. The van der Waals surface area contributed by atoms with E-state index in [1.807, 2.05) is 18.2 Å². The van der Waals surface area contributed by atoms with Crippen LogP contribution in [0.4, 0.5) is 0 Å². The summed E-state index contributed by atoms with van der Waals surface area (Å²) in [6, 6.07) is 6.41. The Balaban J connectivity index is 1.50. The summed E-state index contributed by atoms with van der Waals surface area (Å²) in [6.45, 7) is 4.30. The highest BCUT2D eigenvalue weighted by Gasteiger charge is 2.54. The quantitative estimate of drug-likeness (QED) is 0.840. The number of rotatable bonds is 3. The molecule has 2 amide bonds. The summed E-state index contributed by atoms with van der Waals surface area (Å²) in [4.78, 5) is 25.4. The van der Waals surface area contributed by atoms with Gasteiger partial charge in [-0.2, -0.15) is 0 Å². The van der Waals surface area contributed by atoms with Gasteiger partial charge >= 0.3 is 0 Å². The maximum atomic E-state index is 12.8. The van der Waals surface area contributed by atoms with Gasteiger partial charge in [0.2, 0.25) is 5.91 Å². The fourth-order valence-corrected chi connectivity index (χ4v) is 5.35. The molecule has 2 saturated carbocycles. The lowest BCUT2D eigenvalue weighted by molar-refractivity contribution is -0.126. The number of allylic oxidation sites excluding steroid dienone is 2. The van der Waals surface area contributed by atoms with Crippen molar-refractivity contribution in [3.63, 3.8) is 0 Å². The van der Waals surface area contributed by atoms with Gasteiger partial charge in [-0.1, -0.05) is 38.0 Å². The largest absolute Gasteiger partial charge is 0.349 e. The normalized spacial score (nSPS) is 27.9. The highest BCUT2D eigenvalue weighted by atomic mass is 16.2. The highest BCUT2D eigenvalue weighted by Crippen LogP contribution is 2.53. The first-order valence-electron chi connectivity index (χ1n) is 10.6. The Morgan fingerprint density at radius 3 is 2.64 bits per heavy atom.